The summed E-state index contributed by atoms with van der Waals surface area (Å²) in [6.07, 6.45) is 0.843. The van der Waals surface area contributed by atoms with Gasteiger partial charge in [0.25, 0.3) is 0 Å². The maximum atomic E-state index is 12.3. The van der Waals surface area contributed by atoms with Gasteiger partial charge < -0.3 is 9.47 Å². The lowest BCUT2D eigenvalue weighted by molar-refractivity contribution is -0.146. The Bertz CT molecular complexity index is 849. The standard InChI is InChI=1S/C22H24N2O4/c1-17-7-5-6-10-20(17)27-15-16-28-22(26)12-11-21(25)24-14-13-19(23-24)18-8-3-2-4-9-18/h2-10H,11-16H2,1H3. The van der Waals surface area contributed by atoms with Gasteiger partial charge in [-0.1, -0.05) is 48.5 Å². The first kappa shape index (κ1) is 19.6. The van der Waals surface area contributed by atoms with E-state index in [4.69, 9.17) is 9.47 Å². The summed E-state index contributed by atoms with van der Waals surface area (Å²) in [4.78, 5) is 24.1. The van der Waals surface area contributed by atoms with Gasteiger partial charge >= 0.3 is 5.97 Å². The Hall–Kier alpha value is -3.15. The van der Waals surface area contributed by atoms with Crippen molar-refractivity contribution in [3.05, 3.63) is 65.7 Å². The molecule has 0 saturated heterocycles. The first-order chi connectivity index (χ1) is 13.6. The van der Waals surface area contributed by atoms with Crippen LogP contribution in [-0.2, 0) is 14.3 Å². The molecule has 3 rings (SSSR count). The van der Waals surface area contributed by atoms with Gasteiger partial charge in [0.05, 0.1) is 18.7 Å². The Morgan fingerprint density at radius 3 is 2.54 bits per heavy atom. The molecular weight excluding hydrogens is 356 g/mol. The van der Waals surface area contributed by atoms with Crippen LogP contribution in [0.2, 0.25) is 0 Å². The molecule has 0 aliphatic carbocycles. The van der Waals surface area contributed by atoms with Gasteiger partial charge in [-0.15, -0.1) is 0 Å². The van der Waals surface area contributed by atoms with Gasteiger partial charge in [0.1, 0.15) is 19.0 Å². The SMILES string of the molecule is Cc1ccccc1OCCOC(=O)CCC(=O)N1CCC(c2ccccc2)=N1. The molecule has 1 amide bonds. The van der Waals surface area contributed by atoms with Crippen LogP contribution in [-0.4, -0.2) is 42.4 Å². The van der Waals surface area contributed by atoms with E-state index in [9.17, 15) is 9.59 Å². The first-order valence-electron chi connectivity index (χ1n) is 9.41. The second-order valence-electron chi connectivity index (χ2n) is 6.51. The topological polar surface area (TPSA) is 68.2 Å². The van der Waals surface area contributed by atoms with Gasteiger partial charge in [-0.25, -0.2) is 5.01 Å². The summed E-state index contributed by atoms with van der Waals surface area (Å²) in [7, 11) is 0. The molecule has 0 fully saturated rings. The average Bonchev–Trinajstić information content (AvgIpc) is 3.22. The number of aryl methyl sites for hydroxylation is 1. The zero-order chi connectivity index (χ0) is 19.8. The van der Waals surface area contributed by atoms with Gasteiger partial charge in [0.2, 0.25) is 5.91 Å². The number of amides is 1. The molecule has 1 aliphatic rings. The predicted octanol–water partition coefficient (Wildman–Crippen LogP) is 3.33. The van der Waals surface area contributed by atoms with E-state index >= 15 is 0 Å². The number of benzene rings is 2. The second kappa shape index (κ2) is 9.69. The van der Waals surface area contributed by atoms with Crippen LogP contribution in [0.5, 0.6) is 5.75 Å². The molecule has 0 radical (unpaired) electrons. The third-order valence-electron chi connectivity index (χ3n) is 4.44. The summed E-state index contributed by atoms with van der Waals surface area (Å²) in [5, 5.41) is 5.82. The van der Waals surface area contributed by atoms with Crippen LogP contribution in [0.1, 0.15) is 30.4 Å². The van der Waals surface area contributed by atoms with Crippen molar-refractivity contribution in [3.63, 3.8) is 0 Å². The van der Waals surface area contributed by atoms with Gasteiger partial charge in [-0.3, -0.25) is 9.59 Å². The highest BCUT2D eigenvalue weighted by molar-refractivity contribution is 6.02. The van der Waals surface area contributed by atoms with Crippen LogP contribution in [0.4, 0.5) is 0 Å². The minimum atomic E-state index is -0.409. The number of carbonyl (C=O) groups is 2. The van der Waals surface area contributed by atoms with Gasteiger partial charge in [-0.05, 0) is 24.1 Å². The molecule has 0 spiro atoms. The maximum Gasteiger partial charge on any atom is 0.306 e. The van der Waals surface area contributed by atoms with Crippen molar-refractivity contribution in [1.82, 2.24) is 5.01 Å². The van der Waals surface area contributed by atoms with E-state index in [1.807, 2.05) is 61.5 Å². The molecule has 6 nitrogen and oxygen atoms in total. The molecule has 146 valence electrons. The summed E-state index contributed by atoms with van der Waals surface area (Å²) in [6.45, 7) is 2.93. The van der Waals surface area contributed by atoms with Crippen LogP contribution < -0.4 is 4.74 Å². The highest BCUT2D eigenvalue weighted by Crippen LogP contribution is 2.16. The normalized spacial score (nSPS) is 13.2. The molecule has 0 unspecified atom stereocenters. The van der Waals surface area contributed by atoms with E-state index < -0.39 is 5.97 Å². The van der Waals surface area contributed by atoms with Crippen molar-refractivity contribution in [2.24, 2.45) is 5.10 Å². The second-order valence-corrected chi connectivity index (χ2v) is 6.51. The van der Waals surface area contributed by atoms with Crippen molar-refractivity contribution < 1.29 is 19.1 Å². The lowest BCUT2D eigenvalue weighted by Gasteiger charge is -2.11. The number of esters is 1. The van der Waals surface area contributed by atoms with Crippen LogP contribution in [0.25, 0.3) is 0 Å². The molecule has 6 heteroatoms. The third kappa shape index (κ3) is 5.42. The molecule has 0 saturated carbocycles. The molecule has 1 aliphatic heterocycles. The molecule has 1 heterocycles. The molecule has 0 N–H and O–H groups in total. The number of ether oxygens (including phenoxy) is 2. The Morgan fingerprint density at radius 2 is 1.75 bits per heavy atom. The minimum absolute atomic E-state index is 0.0376. The van der Waals surface area contributed by atoms with Crippen molar-refractivity contribution in [2.75, 3.05) is 19.8 Å². The highest BCUT2D eigenvalue weighted by atomic mass is 16.6. The summed E-state index contributed by atoms with van der Waals surface area (Å²) >= 11 is 0. The quantitative estimate of drug-likeness (QED) is 0.520. The zero-order valence-corrected chi connectivity index (χ0v) is 16.0. The van der Waals surface area contributed by atoms with Crippen LogP contribution in [0, 0.1) is 6.92 Å². The molecule has 28 heavy (non-hydrogen) atoms. The van der Waals surface area contributed by atoms with E-state index in [-0.39, 0.29) is 32.0 Å². The molecular formula is C22H24N2O4. The Morgan fingerprint density at radius 1 is 1.00 bits per heavy atom. The fraction of sp³-hybridized carbons (Fsp3) is 0.318. The van der Waals surface area contributed by atoms with E-state index in [2.05, 4.69) is 5.10 Å². The number of para-hydroxylation sites is 1. The van der Waals surface area contributed by atoms with Crippen molar-refractivity contribution in [1.29, 1.82) is 0 Å². The van der Waals surface area contributed by atoms with Crippen LogP contribution >= 0.6 is 0 Å². The van der Waals surface area contributed by atoms with E-state index in [0.717, 1.165) is 29.0 Å². The van der Waals surface area contributed by atoms with Gasteiger partial charge in [0.15, 0.2) is 0 Å². The smallest absolute Gasteiger partial charge is 0.306 e. The van der Waals surface area contributed by atoms with Gasteiger partial charge in [0, 0.05) is 12.8 Å². The number of carbonyl (C=O) groups excluding carboxylic acids is 2. The fourth-order valence-corrected chi connectivity index (χ4v) is 2.91. The highest BCUT2D eigenvalue weighted by Gasteiger charge is 2.22. The fourth-order valence-electron chi connectivity index (χ4n) is 2.91. The van der Waals surface area contributed by atoms with Crippen LogP contribution in [0.15, 0.2) is 59.7 Å². The Labute approximate surface area is 164 Å². The van der Waals surface area contributed by atoms with E-state index in [1.165, 1.54) is 5.01 Å². The Kier molecular flexibility index (Phi) is 6.78. The van der Waals surface area contributed by atoms with Crippen molar-refractivity contribution >= 4 is 17.6 Å². The summed E-state index contributed by atoms with van der Waals surface area (Å²) in [6, 6.07) is 17.4. The summed E-state index contributed by atoms with van der Waals surface area (Å²) in [5.74, 6) is 0.196. The van der Waals surface area contributed by atoms with Crippen molar-refractivity contribution in [3.8, 4) is 5.75 Å². The van der Waals surface area contributed by atoms with Crippen LogP contribution in [0.3, 0.4) is 0 Å². The number of hydrogen-bond donors (Lipinski definition) is 0. The number of hydrogen-bond acceptors (Lipinski definition) is 5. The Balaban J connectivity index is 1.36. The van der Waals surface area contributed by atoms with Crippen molar-refractivity contribution in [2.45, 2.75) is 26.2 Å². The van der Waals surface area contributed by atoms with E-state index in [0.29, 0.717) is 6.54 Å². The molecule has 2 aromatic rings. The van der Waals surface area contributed by atoms with E-state index in [1.54, 1.807) is 0 Å². The largest absolute Gasteiger partial charge is 0.490 e. The first-order valence-corrected chi connectivity index (χ1v) is 9.41. The predicted molar refractivity (Wildman–Crippen MR) is 106 cm³/mol. The zero-order valence-electron chi connectivity index (χ0n) is 16.0. The molecule has 2 aromatic carbocycles. The summed E-state index contributed by atoms with van der Waals surface area (Å²) < 4.78 is 10.7. The monoisotopic (exact) mass is 380 g/mol. The average molecular weight is 380 g/mol. The minimum Gasteiger partial charge on any atom is -0.490 e. The molecule has 0 aromatic heterocycles. The maximum absolute atomic E-state index is 12.3. The molecule has 0 bridgehead atoms. The molecule has 0 atom stereocenters. The number of hydrazone groups is 1. The lowest BCUT2D eigenvalue weighted by Crippen LogP contribution is -2.24. The lowest BCUT2D eigenvalue weighted by atomic mass is 10.1. The third-order valence-corrected chi connectivity index (χ3v) is 4.44. The summed E-state index contributed by atoms with van der Waals surface area (Å²) in [5.41, 5.74) is 2.94. The number of nitrogens with zero attached hydrogens (tertiary/aromatic N) is 2. The van der Waals surface area contributed by atoms with Gasteiger partial charge in [-0.2, -0.15) is 5.10 Å². The number of rotatable bonds is 8.